The molecule has 1 aliphatic heterocycles. The molecule has 1 aromatic carbocycles. The van der Waals surface area contributed by atoms with Crippen molar-refractivity contribution in [2.75, 3.05) is 44.7 Å². The summed E-state index contributed by atoms with van der Waals surface area (Å²) in [6.07, 6.45) is 3.67. The van der Waals surface area contributed by atoms with Crippen LogP contribution in [-0.4, -0.2) is 49.7 Å². The first-order chi connectivity index (χ1) is 11.3. The number of hydrogen-bond acceptors (Lipinski definition) is 5. The van der Waals surface area contributed by atoms with E-state index in [1.807, 2.05) is 24.5 Å². The Hall–Kier alpha value is -2.11. The molecule has 0 saturated carbocycles. The van der Waals surface area contributed by atoms with Gasteiger partial charge in [0.05, 0.1) is 12.8 Å². The SMILES string of the molecule is COc1ccccc1N1CCN(C(CN)c2ccncc2)CC1. The normalized spacial score (nSPS) is 17.0. The molecule has 0 bridgehead atoms. The van der Waals surface area contributed by atoms with Gasteiger partial charge in [-0.2, -0.15) is 0 Å². The summed E-state index contributed by atoms with van der Waals surface area (Å²) in [6.45, 7) is 4.55. The van der Waals surface area contributed by atoms with Crippen molar-refractivity contribution in [1.29, 1.82) is 0 Å². The maximum Gasteiger partial charge on any atom is 0.142 e. The van der Waals surface area contributed by atoms with Gasteiger partial charge in [-0.05, 0) is 29.8 Å². The Bertz CT molecular complexity index is 611. The van der Waals surface area contributed by atoms with Crippen LogP contribution in [0.2, 0.25) is 0 Å². The quantitative estimate of drug-likeness (QED) is 0.914. The Morgan fingerprint density at radius 2 is 1.78 bits per heavy atom. The van der Waals surface area contributed by atoms with E-state index in [4.69, 9.17) is 10.5 Å². The molecule has 1 aromatic heterocycles. The molecule has 3 rings (SSSR count). The van der Waals surface area contributed by atoms with E-state index in [9.17, 15) is 0 Å². The predicted molar refractivity (Wildman–Crippen MR) is 92.8 cm³/mol. The number of nitrogens with zero attached hydrogens (tertiary/aromatic N) is 3. The maximum absolute atomic E-state index is 6.03. The minimum absolute atomic E-state index is 0.262. The zero-order valence-electron chi connectivity index (χ0n) is 13.6. The number of aromatic nitrogens is 1. The zero-order valence-corrected chi connectivity index (χ0v) is 13.6. The van der Waals surface area contributed by atoms with Gasteiger partial charge in [-0.25, -0.2) is 0 Å². The number of hydrogen-bond donors (Lipinski definition) is 1. The highest BCUT2D eigenvalue weighted by Crippen LogP contribution is 2.29. The van der Waals surface area contributed by atoms with Crippen LogP contribution in [0.15, 0.2) is 48.8 Å². The molecule has 122 valence electrons. The highest BCUT2D eigenvalue weighted by atomic mass is 16.5. The Kier molecular flexibility index (Phi) is 5.10. The van der Waals surface area contributed by atoms with Crippen molar-refractivity contribution in [1.82, 2.24) is 9.88 Å². The van der Waals surface area contributed by atoms with Crippen LogP contribution < -0.4 is 15.4 Å². The summed E-state index contributed by atoms with van der Waals surface area (Å²) in [7, 11) is 1.73. The predicted octanol–water partition coefficient (Wildman–Crippen LogP) is 1.91. The Morgan fingerprint density at radius 1 is 1.09 bits per heavy atom. The summed E-state index contributed by atoms with van der Waals surface area (Å²) in [5, 5.41) is 0. The van der Waals surface area contributed by atoms with E-state index in [2.05, 4.69) is 39.0 Å². The van der Waals surface area contributed by atoms with Crippen molar-refractivity contribution in [3.63, 3.8) is 0 Å². The first kappa shape index (κ1) is 15.8. The van der Waals surface area contributed by atoms with E-state index in [0.29, 0.717) is 6.54 Å². The molecule has 0 radical (unpaired) electrons. The van der Waals surface area contributed by atoms with E-state index in [1.54, 1.807) is 7.11 Å². The summed E-state index contributed by atoms with van der Waals surface area (Å²) < 4.78 is 5.48. The van der Waals surface area contributed by atoms with Gasteiger partial charge in [0, 0.05) is 51.2 Å². The molecule has 0 aliphatic carbocycles. The molecule has 2 N–H and O–H groups in total. The van der Waals surface area contributed by atoms with Gasteiger partial charge in [-0.15, -0.1) is 0 Å². The third-order valence-corrected chi connectivity index (χ3v) is 4.50. The molecule has 0 amide bonds. The number of methoxy groups -OCH3 is 1. The molecule has 1 saturated heterocycles. The van der Waals surface area contributed by atoms with E-state index in [1.165, 1.54) is 11.3 Å². The molecular weight excluding hydrogens is 288 g/mol. The van der Waals surface area contributed by atoms with Crippen LogP contribution in [0.1, 0.15) is 11.6 Å². The number of anilines is 1. The third-order valence-electron chi connectivity index (χ3n) is 4.50. The second kappa shape index (κ2) is 7.44. The largest absolute Gasteiger partial charge is 0.495 e. The van der Waals surface area contributed by atoms with Crippen molar-refractivity contribution in [3.05, 3.63) is 54.4 Å². The van der Waals surface area contributed by atoms with E-state index < -0.39 is 0 Å². The lowest BCUT2D eigenvalue weighted by molar-refractivity contribution is 0.190. The van der Waals surface area contributed by atoms with Gasteiger partial charge in [0.15, 0.2) is 0 Å². The first-order valence-electron chi connectivity index (χ1n) is 8.05. The smallest absolute Gasteiger partial charge is 0.142 e. The van der Waals surface area contributed by atoms with Crippen LogP contribution in [0.5, 0.6) is 5.75 Å². The van der Waals surface area contributed by atoms with Crippen LogP contribution >= 0.6 is 0 Å². The zero-order chi connectivity index (χ0) is 16.1. The minimum atomic E-state index is 0.262. The lowest BCUT2D eigenvalue weighted by Gasteiger charge is -2.40. The van der Waals surface area contributed by atoms with Crippen molar-refractivity contribution in [2.45, 2.75) is 6.04 Å². The van der Waals surface area contributed by atoms with Crippen molar-refractivity contribution < 1.29 is 4.74 Å². The van der Waals surface area contributed by atoms with Crippen molar-refractivity contribution in [3.8, 4) is 5.75 Å². The molecular formula is C18H24N4O. The number of nitrogens with two attached hydrogens (primary N) is 1. The van der Waals surface area contributed by atoms with E-state index >= 15 is 0 Å². The molecule has 1 aliphatic rings. The van der Waals surface area contributed by atoms with Gasteiger partial charge in [-0.3, -0.25) is 9.88 Å². The van der Waals surface area contributed by atoms with Gasteiger partial charge in [-0.1, -0.05) is 12.1 Å². The second-order valence-electron chi connectivity index (χ2n) is 5.73. The standard InChI is InChI=1S/C18H24N4O/c1-23-18-5-3-2-4-16(18)21-10-12-22(13-11-21)17(14-19)15-6-8-20-9-7-15/h2-9,17H,10-14,19H2,1H3. The summed E-state index contributed by atoms with van der Waals surface area (Å²) in [6, 6.07) is 12.6. The summed E-state index contributed by atoms with van der Waals surface area (Å²) in [5.74, 6) is 0.936. The number of benzene rings is 1. The second-order valence-corrected chi connectivity index (χ2v) is 5.73. The summed E-state index contributed by atoms with van der Waals surface area (Å²) >= 11 is 0. The van der Waals surface area contributed by atoms with Crippen LogP contribution in [0.3, 0.4) is 0 Å². The summed E-state index contributed by atoms with van der Waals surface area (Å²) in [4.78, 5) is 8.94. The molecule has 0 spiro atoms. The minimum Gasteiger partial charge on any atom is -0.495 e. The van der Waals surface area contributed by atoms with Gasteiger partial charge in [0.2, 0.25) is 0 Å². The average molecular weight is 312 g/mol. The Balaban J connectivity index is 1.68. The maximum atomic E-state index is 6.03. The van der Waals surface area contributed by atoms with Crippen LogP contribution in [0.4, 0.5) is 5.69 Å². The Morgan fingerprint density at radius 3 is 2.43 bits per heavy atom. The molecule has 5 nitrogen and oxygen atoms in total. The topological polar surface area (TPSA) is 54.6 Å². The lowest BCUT2D eigenvalue weighted by atomic mass is 10.1. The number of piperazine rings is 1. The highest BCUT2D eigenvalue weighted by molar-refractivity contribution is 5.58. The van der Waals surface area contributed by atoms with E-state index in [-0.39, 0.29) is 6.04 Å². The molecule has 2 aromatic rings. The number of rotatable bonds is 5. The fraction of sp³-hybridized carbons (Fsp3) is 0.389. The van der Waals surface area contributed by atoms with Crippen molar-refractivity contribution >= 4 is 5.69 Å². The fourth-order valence-electron chi connectivity index (χ4n) is 3.25. The molecule has 5 heteroatoms. The van der Waals surface area contributed by atoms with Gasteiger partial charge >= 0.3 is 0 Å². The van der Waals surface area contributed by atoms with Gasteiger partial charge in [0.25, 0.3) is 0 Å². The highest BCUT2D eigenvalue weighted by Gasteiger charge is 2.25. The number of pyridine rings is 1. The number of para-hydroxylation sites is 2. The van der Waals surface area contributed by atoms with Crippen LogP contribution in [0, 0.1) is 0 Å². The van der Waals surface area contributed by atoms with Crippen LogP contribution in [-0.2, 0) is 0 Å². The van der Waals surface area contributed by atoms with E-state index in [0.717, 1.165) is 31.9 Å². The summed E-state index contributed by atoms with van der Waals surface area (Å²) in [5.41, 5.74) is 8.44. The first-order valence-corrected chi connectivity index (χ1v) is 8.05. The fourth-order valence-corrected chi connectivity index (χ4v) is 3.25. The van der Waals surface area contributed by atoms with Crippen LogP contribution in [0.25, 0.3) is 0 Å². The molecule has 1 atom stereocenters. The monoisotopic (exact) mass is 312 g/mol. The van der Waals surface area contributed by atoms with Gasteiger partial charge < -0.3 is 15.4 Å². The third kappa shape index (κ3) is 3.46. The molecule has 23 heavy (non-hydrogen) atoms. The molecule has 1 unspecified atom stereocenters. The van der Waals surface area contributed by atoms with Gasteiger partial charge in [0.1, 0.15) is 5.75 Å². The molecule has 1 fully saturated rings. The molecule has 2 heterocycles. The average Bonchev–Trinajstić information content (AvgIpc) is 2.64. The lowest BCUT2D eigenvalue weighted by Crippen LogP contribution is -2.49. The van der Waals surface area contributed by atoms with Crippen molar-refractivity contribution in [2.24, 2.45) is 5.73 Å². The Labute approximate surface area is 137 Å². The number of ether oxygens (including phenoxy) is 1.